The summed E-state index contributed by atoms with van der Waals surface area (Å²) >= 11 is 1.39. The van der Waals surface area contributed by atoms with Crippen LogP contribution in [0, 0.1) is 6.92 Å². The summed E-state index contributed by atoms with van der Waals surface area (Å²) in [5, 5.41) is 13.4. The van der Waals surface area contributed by atoms with Crippen molar-refractivity contribution in [1.29, 1.82) is 0 Å². The zero-order valence-electron chi connectivity index (χ0n) is 22.6. The Bertz CT molecular complexity index is 1450. The molecule has 2 aromatic heterocycles. The van der Waals surface area contributed by atoms with Crippen molar-refractivity contribution in [2.24, 2.45) is 0 Å². The molecule has 0 bridgehead atoms. The van der Waals surface area contributed by atoms with Crippen molar-refractivity contribution >= 4 is 64.3 Å². The maximum Gasteiger partial charge on any atom is 0.266 e. The fourth-order valence-electron chi connectivity index (χ4n) is 4.03. The highest BCUT2D eigenvalue weighted by Gasteiger charge is 2.19. The Morgan fingerprint density at radius 1 is 1.08 bits per heavy atom. The number of nitrogens with zero attached hydrogens (tertiary/aromatic N) is 3. The molecule has 0 aliphatic rings. The van der Waals surface area contributed by atoms with Crippen LogP contribution < -0.4 is 5.32 Å². The fraction of sp³-hybridized carbons (Fsp3) is 0.276. The Morgan fingerprint density at radius 3 is 2.59 bits per heavy atom. The van der Waals surface area contributed by atoms with Gasteiger partial charge in [0, 0.05) is 43.4 Å². The Kier molecular flexibility index (Phi) is 10.8. The van der Waals surface area contributed by atoms with Crippen molar-refractivity contribution in [3.05, 3.63) is 81.2 Å². The summed E-state index contributed by atoms with van der Waals surface area (Å²) in [6.07, 6.45) is 3.81. The molecule has 2 heterocycles. The van der Waals surface area contributed by atoms with Crippen LogP contribution in [0.4, 0.5) is 5.69 Å². The van der Waals surface area contributed by atoms with Crippen molar-refractivity contribution in [1.82, 2.24) is 20.0 Å². The van der Waals surface area contributed by atoms with E-state index in [1.807, 2.05) is 79.8 Å². The standard InChI is InChI=1S/C29H33N5O3S.ClH/c1-20-13-18-38-27(20)28(35)30-26-19-22(29(36)34(16-17-37-4)15-14-33(2)3)10-9-21(26)11-12-25-23-7-5-6-8-24(23)31-32-25;/h5-13,18-19H,14-17H2,1-4H3,(H,30,35)(H,31,32);1H. The molecule has 0 saturated heterocycles. The number of thiophene rings is 1. The van der Waals surface area contributed by atoms with Crippen molar-refractivity contribution < 1.29 is 14.3 Å². The van der Waals surface area contributed by atoms with Crippen LogP contribution in [0.15, 0.2) is 53.9 Å². The van der Waals surface area contributed by atoms with E-state index in [0.29, 0.717) is 35.8 Å². The molecule has 0 spiro atoms. The number of ether oxygens (including phenoxy) is 1. The van der Waals surface area contributed by atoms with Crippen molar-refractivity contribution in [3.63, 3.8) is 0 Å². The van der Waals surface area contributed by atoms with Crippen molar-refractivity contribution in [2.45, 2.75) is 6.92 Å². The van der Waals surface area contributed by atoms with Crippen molar-refractivity contribution in [2.75, 3.05) is 52.8 Å². The van der Waals surface area contributed by atoms with Crippen LogP contribution in [0.1, 0.15) is 36.9 Å². The lowest BCUT2D eigenvalue weighted by Crippen LogP contribution is -2.38. The molecule has 4 rings (SSSR count). The third kappa shape index (κ3) is 7.54. The van der Waals surface area contributed by atoms with E-state index in [2.05, 4.69) is 15.5 Å². The Labute approximate surface area is 239 Å². The molecule has 0 saturated carbocycles. The van der Waals surface area contributed by atoms with E-state index < -0.39 is 0 Å². The number of benzene rings is 2. The van der Waals surface area contributed by atoms with Crippen LogP contribution in [-0.4, -0.2) is 79.3 Å². The van der Waals surface area contributed by atoms with Crippen LogP contribution in [0.2, 0.25) is 0 Å². The molecule has 2 N–H and O–H groups in total. The second kappa shape index (κ2) is 14.0. The zero-order chi connectivity index (χ0) is 27.1. The van der Waals surface area contributed by atoms with Crippen molar-refractivity contribution in [3.8, 4) is 0 Å². The molecule has 0 atom stereocenters. The summed E-state index contributed by atoms with van der Waals surface area (Å²) in [6.45, 7) is 4.13. The van der Waals surface area contributed by atoms with E-state index in [4.69, 9.17) is 4.74 Å². The first-order valence-electron chi connectivity index (χ1n) is 12.4. The second-order valence-electron chi connectivity index (χ2n) is 9.26. The van der Waals surface area contributed by atoms with E-state index in [9.17, 15) is 9.59 Å². The van der Waals surface area contributed by atoms with Crippen LogP contribution in [0.5, 0.6) is 0 Å². The predicted octanol–water partition coefficient (Wildman–Crippen LogP) is 5.43. The number of rotatable bonds is 11. The summed E-state index contributed by atoms with van der Waals surface area (Å²) in [5.41, 5.74) is 4.48. The number of carbonyl (C=O) groups excluding carboxylic acids is 2. The molecule has 39 heavy (non-hydrogen) atoms. The molecule has 206 valence electrons. The molecule has 10 heteroatoms. The van der Waals surface area contributed by atoms with E-state index in [1.54, 1.807) is 24.1 Å². The summed E-state index contributed by atoms with van der Waals surface area (Å²) in [5.74, 6) is -0.314. The average Bonchev–Trinajstić information content (AvgIpc) is 3.53. The summed E-state index contributed by atoms with van der Waals surface area (Å²) in [6, 6.07) is 15.2. The van der Waals surface area contributed by atoms with Crippen LogP contribution in [-0.2, 0) is 4.74 Å². The molecule has 0 unspecified atom stereocenters. The number of amides is 2. The maximum absolute atomic E-state index is 13.5. The molecular formula is C29H34ClN5O3S. The van der Waals surface area contributed by atoms with Crippen LogP contribution in [0.3, 0.4) is 0 Å². The van der Waals surface area contributed by atoms with Gasteiger partial charge in [-0.15, -0.1) is 23.7 Å². The first-order valence-corrected chi connectivity index (χ1v) is 13.3. The van der Waals surface area contributed by atoms with Gasteiger partial charge in [0.2, 0.25) is 0 Å². The van der Waals surface area contributed by atoms with Gasteiger partial charge in [-0.2, -0.15) is 5.10 Å². The topological polar surface area (TPSA) is 90.6 Å². The summed E-state index contributed by atoms with van der Waals surface area (Å²) in [7, 11) is 5.57. The van der Waals surface area contributed by atoms with E-state index in [1.165, 1.54) is 11.3 Å². The third-order valence-electron chi connectivity index (χ3n) is 6.21. The van der Waals surface area contributed by atoms with Gasteiger partial charge in [0.1, 0.15) is 0 Å². The number of hydrogen-bond donors (Lipinski definition) is 2. The van der Waals surface area contributed by atoms with Gasteiger partial charge in [-0.25, -0.2) is 0 Å². The minimum absolute atomic E-state index is 0. The number of likely N-dealkylation sites (N-methyl/N-ethyl adjacent to an activating group) is 1. The normalized spacial score (nSPS) is 11.2. The fourth-order valence-corrected chi connectivity index (χ4v) is 4.85. The highest BCUT2D eigenvalue weighted by Crippen LogP contribution is 2.25. The number of aromatic nitrogens is 2. The minimum atomic E-state index is -0.203. The number of aryl methyl sites for hydroxylation is 1. The number of aromatic amines is 1. The third-order valence-corrected chi connectivity index (χ3v) is 7.22. The first kappa shape index (κ1) is 30.0. The number of anilines is 1. The predicted molar refractivity (Wildman–Crippen MR) is 162 cm³/mol. The van der Waals surface area contributed by atoms with Gasteiger partial charge in [-0.05, 0) is 67.9 Å². The molecule has 0 aliphatic heterocycles. The van der Waals surface area contributed by atoms with Crippen LogP contribution in [0.25, 0.3) is 23.1 Å². The van der Waals surface area contributed by atoms with Gasteiger partial charge in [0.15, 0.2) is 0 Å². The molecular weight excluding hydrogens is 534 g/mol. The monoisotopic (exact) mass is 567 g/mol. The highest BCUT2D eigenvalue weighted by atomic mass is 35.5. The average molecular weight is 568 g/mol. The SMILES string of the molecule is COCCN(CCN(C)C)C(=O)c1ccc(C=Cc2n[nH]c3ccccc23)c(NC(=O)c2sccc2C)c1.Cl. The number of methoxy groups -OCH3 is 1. The summed E-state index contributed by atoms with van der Waals surface area (Å²) in [4.78, 5) is 31.1. The second-order valence-corrected chi connectivity index (χ2v) is 10.2. The number of nitrogens with one attached hydrogen (secondary N) is 2. The Morgan fingerprint density at radius 2 is 1.87 bits per heavy atom. The quantitative estimate of drug-likeness (QED) is 0.252. The molecule has 0 fully saturated rings. The van der Waals surface area contributed by atoms with Gasteiger partial charge in [-0.3, -0.25) is 14.7 Å². The number of halogens is 1. The molecule has 8 nitrogen and oxygen atoms in total. The lowest BCUT2D eigenvalue weighted by Gasteiger charge is -2.24. The molecule has 0 aliphatic carbocycles. The largest absolute Gasteiger partial charge is 0.383 e. The minimum Gasteiger partial charge on any atom is -0.383 e. The maximum atomic E-state index is 13.5. The Balaban J connectivity index is 0.00000420. The van der Waals surface area contributed by atoms with E-state index >= 15 is 0 Å². The van der Waals surface area contributed by atoms with Gasteiger partial charge in [0.25, 0.3) is 11.8 Å². The molecule has 0 radical (unpaired) electrons. The van der Waals surface area contributed by atoms with Crippen LogP contribution >= 0.6 is 23.7 Å². The lowest BCUT2D eigenvalue weighted by atomic mass is 10.1. The van der Waals surface area contributed by atoms with Gasteiger partial charge in [0.05, 0.1) is 22.7 Å². The van der Waals surface area contributed by atoms with Gasteiger partial charge >= 0.3 is 0 Å². The molecule has 2 amide bonds. The van der Waals surface area contributed by atoms with E-state index in [0.717, 1.165) is 34.3 Å². The first-order chi connectivity index (χ1) is 18.4. The number of hydrogen-bond acceptors (Lipinski definition) is 6. The molecule has 4 aromatic rings. The number of para-hydroxylation sites is 1. The number of carbonyl (C=O) groups is 2. The highest BCUT2D eigenvalue weighted by molar-refractivity contribution is 7.12. The number of H-pyrrole nitrogens is 1. The zero-order valence-corrected chi connectivity index (χ0v) is 24.2. The Hall–Kier alpha value is -3.50. The van der Waals surface area contributed by atoms with E-state index in [-0.39, 0.29) is 24.2 Å². The summed E-state index contributed by atoms with van der Waals surface area (Å²) < 4.78 is 5.23. The smallest absolute Gasteiger partial charge is 0.266 e. The number of fused-ring (bicyclic) bond motifs is 1. The van der Waals surface area contributed by atoms with Gasteiger partial charge in [-0.1, -0.05) is 30.3 Å². The van der Waals surface area contributed by atoms with Gasteiger partial charge < -0.3 is 19.9 Å². The molecule has 2 aromatic carbocycles. The lowest BCUT2D eigenvalue weighted by molar-refractivity contribution is 0.0683.